The summed E-state index contributed by atoms with van der Waals surface area (Å²) in [4.78, 5) is 0. The van der Waals surface area contributed by atoms with Gasteiger partial charge in [-0.2, -0.15) is 26.3 Å². The van der Waals surface area contributed by atoms with Crippen LogP contribution >= 0.6 is 11.6 Å². The molecule has 1 unspecified atom stereocenters. The molecular formula is C4H3ClF6O. The molecule has 0 saturated carbocycles. The average Bonchev–Trinajstić information content (AvgIpc) is 1.48. The van der Waals surface area contributed by atoms with Gasteiger partial charge in [-0.3, -0.25) is 4.74 Å². The van der Waals surface area contributed by atoms with E-state index in [1.54, 1.807) is 0 Å². The van der Waals surface area contributed by atoms with Gasteiger partial charge in [-0.1, -0.05) is 11.6 Å². The van der Waals surface area contributed by atoms with E-state index in [-0.39, 0.29) is 0 Å². The van der Waals surface area contributed by atoms with E-state index in [2.05, 4.69) is 16.3 Å². The first-order chi connectivity index (χ1) is 5.12. The summed E-state index contributed by atoms with van der Waals surface area (Å²) in [5, 5.41) is -3.90. The number of ether oxygens (including phenoxy) is 1. The van der Waals surface area contributed by atoms with Gasteiger partial charge in [0.2, 0.25) is 0 Å². The zero-order valence-corrected chi connectivity index (χ0v) is 6.09. The van der Waals surface area contributed by atoms with E-state index < -0.39 is 24.5 Å². The minimum absolute atomic E-state index is 2.29. The third-order valence-corrected chi connectivity index (χ3v) is 0.890. The number of hydrogen-bond acceptors (Lipinski definition) is 1. The molecule has 0 aromatic heterocycles. The molecule has 0 heterocycles. The fraction of sp³-hybridized carbons (Fsp3) is 1.00. The standard InChI is InChI=1S/C4H3ClF6O/c5-3(8,12-2(6)7)1-4(9,10)11/h2H,1H2. The van der Waals surface area contributed by atoms with Crippen molar-refractivity contribution in [2.45, 2.75) is 24.5 Å². The third-order valence-electron chi connectivity index (χ3n) is 0.668. The number of alkyl halides is 7. The molecule has 0 aromatic rings. The van der Waals surface area contributed by atoms with Crippen LogP contribution in [0.1, 0.15) is 6.42 Å². The summed E-state index contributed by atoms with van der Waals surface area (Å²) < 4.78 is 71.5. The Hall–Kier alpha value is -0.170. The molecule has 0 aliphatic heterocycles. The second-order valence-electron chi connectivity index (χ2n) is 1.81. The minimum Gasteiger partial charge on any atom is -0.271 e. The van der Waals surface area contributed by atoms with Crippen LogP contribution in [0.15, 0.2) is 0 Å². The Morgan fingerprint density at radius 3 is 1.83 bits per heavy atom. The van der Waals surface area contributed by atoms with Crippen molar-refractivity contribution in [3.63, 3.8) is 0 Å². The Bertz CT molecular complexity index is 143. The van der Waals surface area contributed by atoms with Gasteiger partial charge in [-0.15, -0.1) is 0 Å². The first-order valence-corrected chi connectivity index (χ1v) is 2.91. The zero-order valence-electron chi connectivity index (χ0n) is 5.34. The maximum absolute atomic E-state index is 12.2. The van der Waals surface area contributed by atoms with E-state index in [4.69, 9.17) is 0 Å². The molecule has 12 heavy (non-hydrogen) atoms. The molecule has 0 N–H and O–H groups in total. The fourth-order valence-electron chi connectivity index (χ4n) is 0.405. The summed E-state index contributed by atoms with van der Waals surface area (Å²) >= 11 is 4.33. The number of halogens is 7. The average molecular weight is 217 g/mol. The van der Waals surface area contributed by atoms with Crippen molar-refractivity contribution in [2.24, 2.45) is 0 Å². The van der Waals surface area contributed by atoms with E-state index in [0.29, 0.717) is 0 Å². The molecule has 0 aliphatic carbocycles. The molecule has 0 amide bonds. The highest BCUT2D eigenvalue weighted by Crippen LogP contribution is 2.35. The van der Waals surface area contributed by atoms with Crippen LogP contribution < -0.4 is 0 Å². The summed E-state index contributed by atoms with van der Waals surface area (Å²) in [5.41, 5.74) is 0. The molecule has 1 atom stereocenters. The van der Waals surface area contributed by atoms with E-state index in [9.17, 15) is 26.3 Å². The maximum Gasteiger partial charge on any atom is 0.395 e. The Kier molecular flexibility index (Phi) is 3.64. The van der Waals surface area contributed by atoms with Crippen LogP contribution in [0.2, 0.25) is 0 Å². The Labute approximate surface area is 68.2 Å². The van der Waals surface area contributed by atoms with Gasteiger partial charge in [0.05, 0.1) is 0 Å². The minimum atomic E-state index is -4.99. The molecule has 0 radical (unpaired) electrons. The van der Waals surface area contributed by atoms with Crippen LogP contribution in [0.25, 0.3) is 0 Å². The molecule has 0 spiro atoms. The molecule has 74 valence electrons. The molecule has 0 fully saturated rings. The molecule has 0 aliphatic rings. The molecule has 0 bridgehead atoms. The monoisotopic (exact) mass is 216 g/mol. The Morgan fingerprint density at radius 2 is 1.58 bits per heavy atom. The maximum atomic E-state index is 12.2. The largest absolute Gasteiger partial charge is 0.395 e. The van der Waals surface area contributed by atoms with Crippen LogP contribution in [0.4, 0.5) is 26.3 Å². The fourth-order valence-corrected chi connectivity index (χ4v) is 0.624. The summed E-state index contributed by atoms with van der Waals surface area (Å²) in [5.74, 6) is 0. The van der Waals surface area contributed by atoms with Gasteiger partial charge in [0.25, 0.3) is 5.31 Å². The van der Waals surface area contributed by atoms with Gasteiger partial charge < -0.3 is 0 Å². The topological polar surface area (TPSA) is 9.23 Å². The molecular weight excluding hydrogens is 213 g/mol. The van der Waals surface area contributed by atoms with E-state index in [1.807, 2.05) is 0 Å². The van der Waals surface area contributed by atoms with Gasteiger partial charge in [0.15, 0.2) is 0 Å². The van der Waals surface area contributed by atoms with Crippen molar-refractivity contribution in [1.82, 2.24) is 0 Å². The first kappa shape index (κ1) is 11.8. The van der Waals surface area contributed by atoms with Crippen molar-refractivity contribution in [3.8, 4) is 0 Å². The van der Waals surface area contributed by atoms with E-state index in [1.165, 1.54) is 0 Å². The van der Waals surface area contributed by atoms with Crippen molar-refractivity contribution in [2.75, 3.05) is 0 Å². The first-order valence-electron chi connectivity index (χ1n) is 2.53. The van der Waals surface area contributed by atoms with Crippen molar-refractivity contribution < 1.29 is 31.1 Å². The SMILES string of the molecule is FC(F)OC(F)(Cl)CC(F)(F)F. The summed E-state index contributed by atoms with van der Waals surface area (Å²) in [7, 11) is 0. The predicted octanol–water partition coefficient (Wildman–Crippen LogP) is 3.04. The lowest BCUT2D eigenvalue weighted by Gasteiger charge is -2.18. The van der Waals surface area contributed by atoms with Crippen LogP contribution in [-0.2, 0) is 4.74 Å². The Balaban J connectivity index is 4.04. The molecule has 0 rings (SSSR count). The molecule has 1 nitrogen and oxygen atoms in total. The molecule has 0 saturated heterocycles. The molecule has 0 aromatic carbocycles. The smallest absolute Gasteiger partial charge is 0.271 e. The lowest BCUT2D eigenvalue weighted by Crippen LogP contribution is -2.29. The van der Waals surface area contributed by atoms with Crippen LogP contribution in [-0.4, -0.2) is 18.1 Å². The third kappa shape index (κ3) is 6.53. The number of rotatable bonds is 3. The van der Waals surface area contributed by atoms with Gasteiger partial charge >= 0.3 is 12.8 Å². The highest BCUT2D eigenvalue weighted by molar-refractivity contribution is 6.21. The van der Waals surface area contributed by atoms with Crippen molar-refractivity contribution in [1.29, 1.82) is 0 Å². The highest BCUT2D eigenvalue weighted by atomic mass is 35.5. The second kappa shape index (κ2) is 3.69. The van der Waals surface area contributed by atoms with Crippen molar-refractivity contribution >= 4 is 11.6 Å². The van der Waals surface area contributed by atoms with Gasteiger partial charge in [0.1, 0.15) is 6.42 Å². The normalized spacial score (nSPS) is 18.0. The lowest BCUT2D eigenvalue weighted by molar-refractivity contribution is -0.259. The van der Waals surface area contributed by atoms with E-state index in [0.717, 1.165) is 0 Å². The summed E-state index contributed by atoms with van der Waals surface area (Å²) in [6.07, 6.45) is -7.28. The summed E-state index contributed by atoms with van der Waals surface area (Å²) in [6.45, 7) is -3.69. The summed E-state index contributed by atoms with van der Waals surface area (Å²) in [6, 6.07) is 0. The van der Waals surface area contributed by atoms with E-state index >= 15 is 0 Å². The van der Waals surface area contributed by atoms with Crippen LogP contribution in [0, 0.1) is 0 Å². The highest BCUT2D eigenvalue weighted by Gasteiger charge is 2.44. The zero-order chi connectivity index (χ0) is 9.99. The van der Waals surface area contributed by atoms with Crippen LogP contribution in [0.5, 0.6) is 0 Å². The lowest BCUT2D eigenvalue weighted by atomic mass is 10.4. The quantitative estimate of drug-likeness (QED) is 0.520. The van der Waals surface area contributed by atoms with Crippen LogP contribution in [0.3, 0.4) is 0 Å². The van der Waals surface area contributed by atoms with Gasteiger partial charge in [-0.05, 0) is 0 Å². The van der Waals surface area contributed by atoms with Gasteiger partial charge in [-0.25, -0.2) is 0 Å². The Morgan fingerprint density at radius 1 is 1.17 bits per heavy atom. The number of hydrogen-bond donors (Lipinski definition) is 0. The molecule has 8 heteroatoms. The predicted molar refractivity (Wildman–Crippen MR) is 27.5 cm³/mol. The van der Waals surface area contributed by atoms with Crippen molar-refractivity contribution in [3.05, 3.63) is 0 Å². The second-order valence-corrected chi connectivity index (χ2v) is 2.37. The van der Waals surface area contributed by atoms with Gasteiger partial charge in [0, 0.05) is 0 Å².